The summed E-state index contributed by atoms with van der Waals surface area (Å²) in [6.07, 6.45) is 5.80. The molecule has 0 aliphatic heterocycles. The van der Waals surface area contributed by atoms with Crippen LogP contribution in [-0.4, -0.2) is 74.3 Å². The van der Waals surface area contributed by atoms with Gasteiger partial charge in [0.05, 0.1) is 56.3 Å². The fourth-order valence-corrected chi connectivity index (χ4v) is 9.73. The van der Waals surface area contributed by atoms with Crippen LogP contribution in [-0.2, 0) is 43.7 Å². The molecular weight excluding hydrogens is 980 g/mol. The number of imidazole rings is 2. The highest BCUT2D eigenvalue weighted by molar-refractivity contribution is 7.90. The predicted octanol–water partition coefficient (Wildman–Crippen LogP) is 10.3. The van der Waals surface area contributed by atoms with Crippen LogP contribution in [0.5, 0.6) is 23.0 Å². The number of alkyl halides is 2. The number of rotatable bonds is 21. The molecule has 65 heavy (non-hydrogen) atoms. The molecule has 0 fully saturated rings. The van der Waals surface area contributed by atoms with Gasteiger partial charge in [-0.25, -0.2) is 26.8 Å². The van der Waals surface area contributed by atoms with Gasteiger partial charge in [-0.05, 0) is 83.6 Å². The van der Waals surface area contributed by atoms with Gasteiger partial charge in [0.1, 0.15) is 44.0 Å². The molecule has 2 unspecified atom stereocenters. The second-order valence-electron chi connectivity index (χ2n) is 15.5. The molecule has 2 atom stereocenters. The lowest BCUT2D eigenvalue weighted by Crippen LogP contribution is -2.31. The maximum absolute atomic E-state index is 12.2. The molecule has 13 nitrogen and oxygen atoms in total. The predicted molar refractivity (Wildman–Crippen MR) is 252 cm³/mol. The van der Waals surface area contributed by atoms with Crippen LogP contribution in [0, 0.1) is 11.3 Å². The average Bonchev–Trinajstić information content (AvgIpc) is 3.97. The maximum atomic E-state index is 12.2. The third kappa shape index (κ3) is 11.7. The first-order valence-electron chi connectivity index (χ1n) is 19.8. The van der Waals surface area contributed by atoms with Crippen molar-refractivity contribution in [3.63, 3.8) is 0 Å². The van der Waals surface area contributed by atoms with Crippen molar-refractivity contribution in [2.75, 3.05) is 37.5 Å². The zero-order chi connectivity index (χ0) is 47.2. The number of aromatic amines is 2. The molecule has 0 saturated carbocycles. The fraction of sp³-hybridized carbons (Fsp3) is 0.311. The van der Waals surface area contributed by atoms with E-state index in [2.05, 4.69) is 39.9 Å². The van der Waals surface area contributed by atoms with Gasteiger partial charge in [-0.15, -0.1) is 23.2 Å². The van der Waals surface area contributed by atoms with E-state index in [0.29, 0.717) is 51.5 Å². The Labute approximate surface area is 403 Å². The summed E-state index contributed by atoms with van der Waals surface area (Å²) in [6, 6.07) is 24.4. The Hall–Kier alpha value is -4.66. The molecule has 2 aromatic heterocycles. The van der Waals surface area contributed by atoms with Gasteiger partial charge >= 0.3 is 0 Å². The third-order valence-corrected chi connectivity index (χ3v) is 14.1. The molecule has 2 heterocycles. The summed E-state index contributed by atoms with van der Waals surface area (Å²) in [6.45, 7) is 4.46. The molecule has 4 aromatic carbocycles. The normalized spacial score (nSPS) is 13.7. The minimum atomic E-state index is -3.58. The van der Waals surface area contributed by atoms with Crippen molar-refractivity contribution in [2.45, 2.75) is 60.9 Å². The highest BCUT2D eigenvalue weighted by atomic mass is 35.5. The molecule has 0 bridgehead atoms. The lowest BCUT2D eigenvalue weighted by Gasteiger charge is -2.38. The minimum Gasteiger partial charge on any atom is -0.489 e. The van der Waals surface area contributed by atoms with Crippen molar-refractivity contribution in [3.8, 4) is 29.1 Å². The SMILES string of the molecule is CC(CCC(C)(c1ccc(OCc2cnc(S(C)(=O)=O)[nH]2)cc1)c1cc(Cl)c(OCCCl)c(C#N)c1)(c1ccc(OCc2[nH]cnc2S(C)(=O)=O)cc1)c1cc(Cl)c(OCCCl)c(Cl)c1. The number of nitrogens with zero attached hydrogens (tertiary/aromatic N) is 3. The van der Waals surface area contributed by atoms with Crippen molar-refractivity contribution in [1.29, 1.82) is 5.26 Å². The number of halogens is 5. The molecule has 0 amide bonds. The van der Waals surface area contributed by atoms with E-state index in [-0.39, 0.29) is 64.7 Å². The monoisotopic (exact) mass is 1020 g/mol. The Morgan fingerprint density at radius 3 is 1.63 bits per heavy atom. The molecule has 0 aliphatic carbocycles. The van der Waals surface area contributed by atoms with E-state index in [1.54, 1.807) is 24.3 Å². The first-order chi connectivity index (χ1) is 30.8. The first kappa shape index (κ1) is 49.8. The molecule has 6 rings (SSSR count). The van der Waals surface area contributed by atoms with Gasteiger partial charge in [-0.3, -0.25) is 0 Å². The molecule has 0 aliphatic rings. The fourth-order valence-electron chi connectivity index (χ4n) is 7.34. The average molecular weight is 1020 g/mol. The second kappa shape index (κ2) is 20.9. The van der Waals surface area contributed by atoms with Crippen LogP contribution < -0.4 is 18.9 Å². The van der Waals surface area contributed by atoms with E-state index in [1.165, 1.54) is 12.5 Å². The summed E-state index contributed by atoms with van der Waals surface area (Å²) in [7, 11) is -7.10. The number of nitrogens with one attached hydrogen (secondary N) is 2. The van der Waals surface area contributed by atoms with Crippen molar-refractivity contribution in [3.05, 3.63) is 140 Å². The van der Waals surface area contributed by atoms with Crippen LogP contribution in [0.25, 0.3) is 0 Å². The summed E-state index contributed by atoms with van der Waals surface area (Å²) < 4.78 is 72.0. The van der Waals surface area contributed by atoms with Gasteiger partial charge in [0.25, 0.3) is 0 Å². The molecule has 20 heteroatoms. The number of hydrogen-bond acceptors (Lipinski definition) is 11. The summed E-state index contributed by atoms with van der Waals surface area (Å²) in [4.78, 5) is 13.5. The van der Waals surface area contributed by atoms with Gasteiger partial charge in [0, 0.05) is 23.3 Å². The molecule has 0 radical (unpaired) electrons. The highest BCUT2D eigenvalue weighted by Crippen LogP contribution is 2.48. The zero-order valence-corrected chi connectivity index (χ0v) is 41.0. The van der Waals surface area contributed by atoms with Crippen molar-refractivity contribution < 1.29 is 35.8 Å². The van der Waals surface area contributed by atoms with Crippen molar-refractivity contribution >= 4 is 77.7 Å². The van der Waals surface area contributed by atoms with Gasteiger partial charge in [0.15, 0.2) is 26.4 Å². The van der Waals surface area contributed by atoms with Gasteiger partial charge in [-0.1, -0.05) is 72.9 Å². The van der Waals surface area contributed by atoms with Crippen molar-refractivity contribution in [1.82, 2.24) is 19.9 Å². The van der Waals surface area contributed by atoms with Crippen LogP contribution in [0.1, 0.15) is 65.9 Å². The Morgan fingerprint density at radius 1 is 0.662 bits per heavy atom. The Bertz CT molecular complexity index is 2880. The lowest BCUT2D eigenvalue weighted by molar-refractivity contribution is 0.298. The number of hydrogen-bond donors (Lipinski definition) is 2. The molecule has 0 spiro atoms. The van der Waals surface area contributed by atoms with Gasteiger partial charge in [-0.2, -0.15) is 5.26 Å². The van der Waals surface area contributed by atoms with E-state index < -0.39 is 30.5 Å². The number of H-pyrrole nitrogens is 2. The highest BCUT2D eigenvalue weighted by Gasteiger charge is 2.37. The minimum absolute atomic E-state index is 0.0396. The van der Waals surface area contributed by atoms with Crippen molar-refractivity contribution in [2.24, 2.45) is 0 Å². The van der Waals surface area contributed by atoms with Crippen LogP contribution in [0.4, 0.5) is 0 Å². The number of aromatic nitrogens is 4. The van der Waals surface area contributed by atoms with E-state index in [0.717, 1.165) is 34.8 Å². The van der Waals surface area contributed by atoms with Crippen LogP contribution in [0.2, 0.25) is 15.1 Å². The van der Waals surface area contributed by atoms with E-state index in [1.807, 2.05) is 48.5 Å². The molecule has 2 N–H and O–H groups in total. The number of ether oxygens (including phenoxy) is 4. The zero-order valence-electron chi connectivity index (χ0n) is 35.6. The Kier molecular flexibility index (Phi) is 16.0. The molecule has 0 saturated heterocycles. The topological polar surface area (TPSA) is 186 Å². The summed E-state index contributed by atoms with van der Waals surface area (Å²) in [5.74, 6) is 1.96. The third-order valence-electron chi connectivity index (χ3n) is 11.0. The molecule has 6 aromatic rings. The largest absolute Gasteiger partial charge is 0.489 e. The summed E-state index contributed by atoms with van der Waals surface area (Å²) in [5.41, 5.74) is 2.65. The quantitative estimate of drug-likeness (QED) is 0.0654. The smallest absolute Gasteiger partial charge is 0.224 e. The summed E-state index contributed by atoms with van der Waals surface area (Å²) in [5, 5.41) is 10.9. The molecular formula is C45H44Cl5N5O8S2. The second-order valence-corrected chi connectivity index (χ2v) is 21.4. The number of nitriles is 1. The van der Waals surface area contributed by atoms with E-state index in [4.69, 9.17) is 77.0 Å². The first-order valence-corrected chi connectivity index (χ1v) is 25.8. The lowest BCUT2D eigenvalue weighted by atomic mass is 9.66. The standard InChI is InChI=1S/C45H44Cl5N5O8S2/c1-44(31-19-28(23-51)40(36(48)20-31)60-17-15-46,29-5-9-34(10-6-29)62-25-33-24-52-43(55-33)65(4,58)59)13-14-45(2,32-21-37(49)41(38(50)22-32)61-18-16-47)30-7-11-35(12-8-30)63-26-39-42(54-27-53-39)64(3,56)57/h5-12,19-22,24,27H,13-18,25-26H2,1-4H3,(H,52,55)(H,53,54). The Morgan fingerprint density at radius 2 is 1.15 bits per heavy atom. The van der Waals surface area contributed by atoms with Crippen LogP contribution in [0.3, 0.4) is 0 Å². The number of sulfone groups is 2. The van der Waals surface area contributed by atoms with E-state index >= 15 is 0 Å². The van der Waals surface area contributed by atoms with Crippen LogP contribution in [0.15, 0.2) is 95.5 Å². The summed E-state index contributed by atoms with van der Waals surface area (Å²) >= 11 is 32.5. The van der Waals surface area contributed by atoms with Crippen LogP contribution >= 0.6 is 58.0 Å². The molecule has 344 valence electrons. The van der Waals surface area contributed by atoms with E-state index in [9.17, 15) is 22.1 Å². The Balaban J connectivity index is 1.40. The number of benzene rings is 4. The van der Waals surface area contributed by atoms with Gasteiger partial charge in [0.2, 0.25) is 15.0 Å². The van der Waals surface area contributed by atoms with Gasteiger partial charge < -0.3 is 28.9 Å². The maximum Gasteiger partial charge on any atom is 0.224 e.